The lowest BCUT2D eigenvalue weighted by atomic mass is 9.97. The lowest BCUT2D eigenvalue weighted by Crippen LogP contribution is -2.37. The molecule has 0 spiro atoms. The zero-order valence-electron chi connectivity index (χ0n) is 16.6. The quantitative estimate of drug-likeness (QED) is 0.486. The van der Waals surface area contributed by atoms with Gasteiger partial charge in [0.05, 0.1) is 19.1 Å². The Balaban J connectivity index is 0.00000338. The fraction of sp³-hybridized carbons (Fsp3) is 0.667. The second-order valence-corrected chi connectivity index (χ2v) is 7.27. The first-order valence-corrected chi connectivity index (χ1v) is 9.63. The monoisotopic (exact) mass is 383 g/mol. The molecule has 5 heteroatoms. The fourth-order valence-corrected chi connectivity index (χ4v) is 3.37. The second kappa shape index (κ2) is 11.5. The molecule has 1 aromatic carbocycles. The molecule has 4 nitrogen and oxygen atoms in total. The lowest BCUT2D eigenvalue weighted by molar-refractivity contribution is -0.149. The summed E-state index contributed by atoms with van der Waals surface area (Å²) in [6, 6.07) is 6.46. The van der Waals surface area contributed by atoms with Gasteiger partial charge in [0.15, 0.2) is 0 Å². The van der Waals surface area contributed by atoms with Crippen molar-refractivity contribution >= 4 is 18.4 Å². The van der Waals surface area contributed by atoms with Crippen molar-refractivity contribution in [3.05, 3.63) is 29.3 Å². The summed E-state index contributed by atoms with van der Waals surface area (Å²) in [7, 11) is 0. The zero-order chi connectivity index (χ0) is 18.2. The van der Waals surface area contributed by atoms with Crippen molar-refractivity contribution < 1.29 is 14.3 Å². The Morgan fingerprint density at radius 2 is 1.96 bits per heavy atom. The normalized spacial score (nSPS) is 15.6. The fourth-order valence-electron chi connectivity index (χ4n) is 3.37. The number of aryl methyl sites for hydroxylation is 1. The van der Waals surface area contributed by atoms with E-state index in [2.05, 4.69) is 43.9 Å². The SMILES string of the molecule is CCOC(=O)C1CCN(CCCOc2cc(C)ccc2C(C)C)CC1.Cl. The third-order valence-corrected chi connectivity index (χ3v) is 4.87. The first-order valence-electron chi connectivity index (χ1n) is 9.63. The smallest absolute Gasteiger partial charge is 0.309 e. The minimum atomic E-state index is -0.0221. The summed E-state index contributed by atoms with van der Waals surface area (Å²) in [5.74, 6) is 1.56. The van der Waals surface area contributed by atoms with Crippen molar-refractivity contribution in [1.29, 1.82) is 0 Å². The summed E-state index contributed by atoms with van der Waals surface area (Å²) in [5, 5.41) is 0. The number of nitrogens with zero attached hydrogens (tertiary/aromatic N) is 1. The molecule has 0 unspecified atom stereocenters. The van der Waals surface area contributed by atoms with Gasteiger partial charge in [-0.3, -0.25) is 4.79 Å². The van der Waals surface area contributed by atoms with Crippen molar-refractivity contribution in [2.75, 3.05) is 32.8 Å². The second-order valence-electron chi connectivity index (χ2n) is 7.27. The largest absolute Gasteiger partial charge is 0.493 e. The van der Waals surface area contributed by atoms with E-state index in [-0.39, 0.29) is 24.3 Å². The van der Waals surface area contributed by atoms with Crippen molar-refractivity contribution in [2.24, 2.45) is 5.92 Å². The maximum atomic E-state index is 11.8. The van der Waals surface area contributed by atoms with Gasteiger partial charge in [0.2, 0.25) is 0 Å². The maximum absolute atomic E-state index is 11.8. The Kier molecular flexibility index (Phi) is 10.0. The number of hydrogen-bond acceptors (Lipinski definition) is 4. The Morgan fingerprint density at radius 1 is 1.27 bits per heavy atom. The zero-order valence-corrected chi connectivity index (χ0v) is 17.4. The minimum absolute atomic E-state index is 0. The molecular formula is C21H34ClNO3. The molecule has 1 aliphatic heterocycles. The minimum Gasteiger partial charge on any atom is -0.493 e. The van der Waals surface area contributed by atoms with Gasteiger partial charge < -0.3 is 14.4 Å². The number of carbonyl (C=O) groups excluding carboxylic acids is 1. The highest BCUT2D eigenvalue weighted by Gasteiger charge is 2.25. The standard InChI is InChI=1S/C21H33NO3.ClH/c1-5-24-21(23)18-9-12-22(13-10-18)11-6-14-25-20-15-17(4)7-8-19(20)16(2)3;/h7-8,15-16,18H,5-6,9-14H2,1-4H3;1H. The van der Waals surface area contributed by atoms with Gasteiger partial charge in [0.1, 0.15) is 5.75 Å². The molecule has 26 heavy (non-hydrogen) atoms. The molecule has 148 valence electrons. The van der Waals surface area contributed by atoms with Crippen molar-refractivity contribution in [3.8, 4) is 5.75 Å². The Hall–Kier alpha value is -1.26. The summed E-state index contributed by atoms with van der Waals surface area (Å²) in [4.78, 5) is 14.2. The number of likely N-dealkylation sites (tertiary alicyclic amines) is 1. The number of ether oxygens (including phenoxy) is 2. The van der Waals surface area contributed by atoms with Crippen LogP contribution in [0.1, 0.15) is 57.1 Å². The number of carbonyl (C=O) groups is 1. The summed E-state index contributed by atoms with van der Waals surface area (Å²) < 4.78 is 11.2. The molecule has 0 amide bonds. The molecule has 0 N–H and O–H groups in total. The van der Waals surface area contributed by atoms with E-state index < -0.39 is 0 Å². The van der Waals surface area contributed by atoms with Crippen LogP contribution in [-0.4, -0.2) is 43.7 Å². The Bertz CT molecular complexity index is 554. The van der Waals surface area contributed by atoms with Crippen molar-refractivity contribution in [2.45, 2.75) is 52.9 Å². The summed E-state index contributed by atoms with van der Waals surface area (Å²) in [5.41, 5.74) is 2.52. The van der Waals surface area contributed by atoms with Crippen LogP contribution in [0.15, 0.2) is 18.2 Å². The van der Waals surface area contributed by atoms with Gasteiger partial charge in [0, 0.05) is 6.54 Å². The number of hydrogen-bond donors (Lipinski definition) is 0. The molecule has 1 saturated heterocycles. The van der Waals surface area contributed by atoms with E-state index in [1.807, 2.05) is 6.92 Å². The topological polar surface area (TPSA) is 38.8 Å². The maximum Gasteiger partial charge on any atom is 0.309 e. The molecule has 0 saturated carbocycles. The molecule has 0 bridgehead atoms. The van der Waals surface area contributed by atoms with Crippen LogP contribution < -0.4 is 4.74 Å². The molecule has 1 aliphatic rings. The molecule has 1 aromatic rings. The Morgan fingerprint density at radius 3 is 2.58 bits per heavy atom. The Labute approximate surface area is 164 Å². The summed E-state index contributed by atoms with van der Waals surface area (Å²) in [6.45, 7) is 12.6. The van der Waals surface area contributed by atoms with Gasteiger partial charge in [-0.15, -0.1) is 12.4 Å². The van der Waals surface area contributed by atoms with Gasteiger partial charge in [-0.05, 0) is 69.3 Å². The highest BCUT2D eigenvalue weighted by atomic mass is 35.5. The van der Waals surface area contributed by atoms with Gasteiger partial charge >= 0.3 is 5.97 Å². The van der Waals surface area contributed by atoms with Crippen LogP contribution in [0.5, 0.6) is 5.75 Å². The average Bonchev–Trinajstić information content (AvgIpc) is 2.59. The third-order valence-electron chi connectivity index (χ3n) is 4.87. The van der Waals surface area contributed by atoms with E-state index in [9.17, 15) is 4.79 Å². The van der Waals surface area contributed by atoms with Crippen molar-refractivity contribution in [1.82, 2.24) is 4.90 Å². The highest BCUT2D eigenvalue weighted by Crippen LogP contribution is 2.27. The number of esters is 1. The van der Waals surface area contributed by atoms with Crippen LogP contribution in [0.3, 0.4) is 0 Å². The first-order chi connectivity index (χ1) is 12.0. The number of piperidine rings is 1. The van der Waals surface area contributed by atoms with E-state index in [1.54, 1.807) is 0 Å². The predicted molar refractivity (Wildman–Crippen MR) is 108 cm³/mol. The third kappa shape index (κ3) is 6.81. The van der Waals surface area contributed by atoms with E-state index in [0.29, 0.717) is 12.5 Å². The molecule has 2 rings (SSSR count). The van der Waals surface area contributed by atoms with Gasteiger partial charge in [-0.1, -0.05) is 26.0 Å². The summed E-state index contributed by atoms with van der Waals surface area (Å²) >= 11 is 0. The van der Waals surface area contributed by atoms with E-state index in [0.717, 1.165) is 51.3 Å². The summed E-state index contributed by atoms with van der Waals surface area (Å²) in [6.07, 6.45) is 2.83. The van der Waals surface area contributed by atoms with Crippen LogP contribution in [0.25, 0.3) is 0 Å². The number of benzene rings is 1. The molecule has 1 heterocycles. The molecule has 0 aliphatic carbocycles. The van der Waals surface area contributed by atoms with Gasteiger partial charge in [-0.25, -0.2) is 0 Å². The average molecular weight is 384 g/mol. The number of halogens is 1. The van der Waals surface area contributed by atoms with Crippen LogP contribution >= 0.6 is 12.4 Å². The number of rotatable bonds is 8. The first kappa shape index (κ1) is 22.8. The molecule has 0 radical (unpaired) electrons. The molecule has 0 atom stereocenters. The lowest BCUT2D eigenvalue weighted by Gasteiger charge is -2.30. The van der Waals surface area contributed by atoms with E-state index in [1.165, 1.54) is 11.1 Å². The van der Waals surface area contributed by atoms with Gasteiger partial charge in [-0.2, -0.15) is 0 Å². The van der Waals surface area contributed by atoms with Crippen LogP contribution in [0, 0.1) is 12.8 Å². The van der Waals surface area contributed by atoms with Crippen LogP contribution in [0.2, 0.25) is 0 Å². The highest BCUT2D eigenvalue weighted by molar-refractivity contribution is 5.85. The molecule has 1 fully saturated rings. The van der Waals surface area contributed by atoms with E-state index in [4.69, 9.17) is 9.47 Å². The van der Waals surface area contributed by atoms with Crippen LogP contribution in [0.4, 0.5) is 0 Å². The van der Waals surface area contributed by atoms with Gasteiger partial charge in [0.25, 0.3) is 0 Å². The molecular weight excluding hydrogens is 350 g/mol. The van der Waals surface area contributed by atoms with Crippen LogP contribution in [-0.2, 0) is 9.53 Å². The van der Waals surface area contributed by atoms with Crippen molar-refractivity contribution in [3.63, 3.8) is 0 Å². The molecule has 0 aromatic heterocycles. The van der Waals surface area contributed by atoms with E-state index >= 15 is 0 Å². The predicted octanol–water partition coefficient (Wildman–Crippen LogP) is 4.58.